The van der Waals surface area contributed by atoms with E-state index in [1.165, 1.54) is 30.4 Å². The first kappa shape index (κ1) is 24.8. The molecule has 4 N–H and O–H groups in total. The molecule has 0 aromatic heterocycles. The van der Waals surface area contributed by atoms with Crippen LogP contribution in [-0.4, -0.2) is 70.3 Å². The standard InChI is InChI=1S/C23H25ClO9/c1-2-30-23-21(29)20(28)22(33-19(27)10-5-13-3-6-14(24)7-4-13)18(32-23)12-31-15-8-9-16(25)17(26)11-15/h3-11,18,20-23,25-26,28-29H,2,12H2,1H3/b10-5+/t18-,20-,21-,22-,23-/m1/s1. The van der Waals surface area contributed by atoms with Crippen molar-refractivity contribution in [1.29, 1.82) is 0 Å². The number of rotatable bonds is 8. The van der Waals surface area contributed by atoms with Crippen molar-refractivity contribution in [3.8, 4) is 17.2 Å². The highest BCUT2D eigenvalue weighted by molar-refractivity contribution is 6.30. The third kappa shape index (κ3) is 6.59. The highest BCUT2D eigenvalue weighted by atomic mass is 35.5. The Kier molecular flexibility index (Phi) is 8.54. The van der Waals surface area contributed by atoms with Crippen molar-refractivity contribution >= 4 is 23.6 Å². The normalized spacial score (nSPS) is 25.2. The molecule has 3 rings (SSSR count). The minimum absolute atomic E-state index is 0.204. The molecule has 0 bridgehead atoms. The lowest BCUT2D eigenvalue weighted by atomic mass is 9.99. The lowest BCUT2D eigenvalue weighted by molar-refractivity contribution is -0.300. The number of hydrogen-bond donors (Lipinski definition) is 4. The number of aliphatic hydroxyl groups is 2. The van der Waals surface area contributed by atoms with Crippen LogP contribution in [0.3, 0.4) is 0 Å². The van der Waals surface area contributed by atoms with E-state index >= 15 is 0 Å². The number of phenols is 2. The second-order valence-electron chi connectivity index (χ2n) is 7.23. The van der Waals surface area contributed by atoms with Crippen LogP contribution >= 0.6 is 11.6 Å². The third-order valence-corrected chi connectivity index (χ3v) is 5.12. The fourth-order valence-corrected chi connectivity index (χ4v) is 3.30. The first-order valence-electron chi connectivity index (χ1n) is 10.2. The fourth-order valence-electron chi connectivity index (χ4n) is 3.17. The van der Waals surface area contributed by atoms with Crippen molar-refractivity contribution < 1.29 is 44.2 Å². The minimum Gasteiger partial charge on any atom is -0.504 e. The molecular formula is C23H25ClO9. The minimum atomic E-state index is -1.51. The number of benzene rings is 2. The number of hydrogen-bond acceptors (Lipinski definition) is 9. The lowest BCUT2D eigenvalue weighted by Gasteiger charge is -2.41. The molecule has 0 amide bonds. The third-order valence-electron chi connectivity index (χ3n) is 4.87. The predicted molar refractivity (Wildman–Crippen MR) is 118 cm³/mol. The summed E-state index contributed by atoms with van der Waals surface area (Å²) in [6.45, 7) is 1.69. The van der Waals surface area contributed by atoms with Crippen LogP contribution in [0.5, 0.6) is 17.2 Å². The number of aromatic hydroxyl groups is 2. The van der Waals surface area contributed by atoms with Gasteiger partial charge in [0.1, 0.15) is 30.7 Å². The van der Waals surface area contributed by atoms with E-state index in [4.69, 9.17) is 30.5 Å². The number of esters is 1. The zero-order chi connectivity index (χ0) is 24.0. The van der Waals surface area contributed by atoms with Gasteiger partial charge in [0.15, 0.2) is 23.9 Å². The molecule has 1 fully saturated rings. The summed E-state index contributed by atoms with van der Waals surface area (Å²) in [5, 5.41) is 40.5. The first-order valence-corrected chi connectivity index (χ1v) is 10.6. The molecule has 2 aromatic carbocycles. The molecule has 10 heteroatoms. The first-order chi connectivity index (χ1) is 15.8. The van der Waals surface area contributed by atoms with Gasteiger partial charge in [0.05, 0.1) is 0 Å². The van der Waals surface area contributed by atoms with Gasteiger partial charge in [-0.05, 0) is 42.8 Å². The average molecular weight is 481 g/mol. The number of ether oxygens (including phenoxy) is 4. The second-order valence-corrected chi connectivity index (χ2v) is 7.66. The Morgan fingerprint density at radius 3 is 2.48 bits per heavy atom. The molecule has 0 aliphatic carbocycles. The van der Waals surface area contributed by atoms with Gasteiger partial charge in [-0.2, -0.15) is 0 Å². The SMILES string of the molecule is CCO[C@@H]1O[C@H](COc2ccc(O)c(O)c2)[C@@H](OC(=O)/C=C/c2ccc(Cl)cc2)[C@H](O)[C@H]1O. The molecule has 0 unspecified atom stereocenters. The number of aliphatic hydroxyl groups excluding tert-OH is 2. The van der Waals surface area contributed by atoms with Crippen LogP contribution in [0.2, 0.25) is 5.02 Å². The zero-order valence-corrected chi connectivity index (χ0v) is 18.5. The van der Waals surface area contributed by atoms with Crippen LogP contribution in [0, 0.1) is 0 Å². The zero-order valence-electron chi connectivity index (χ0n) is 17.7. The van der Waals surface area contributed by atoms with Gasteiger partial charge in [-0.15, -0.1) is 0 Å². The van der Waals surface area contributed by atoms with Gasteiger partial charge in [-0.25, -0.2) is 4.79 Å². The molecule has 1 aliphatic heterocycles. The van der Waals surface area contributed by atoms with Gasteiger partial charge in [0, 0.05) is 23.8 Å². The van der Waals surface area contributed by atoms with Crippen molar-refractivity contribution in [2.75, 3.05) is 13.2 Å². The maximum Gasteiger partial charge on any atom is 0.331 e. The molecule has 178 valence electrons. The van der Waals surface area contributed by atoms with E-state index in [0.717, 1.165) is 0 Å². The van der Waals surface area contributed by atoms with Crippen molar-refractivity contribution in [2.45, 2.75) is 37.6 Å². The van der Waals surface area contributed by atoms with Gasteiger partial charge in [0.25, 0.3) is 0 Å². The van der Waals surface area contributed by atoms with Crippen molar-refractivity contribution in [3.05, 3.63) is 59.1 Å². The van der Waals surface area contributed by atoms with E-state index in [1.807, 2.05) is 0 Å². The van der Waals surface area contributed by atoms with Crippen LogP contribution in [0.1, 0.15) is 12.5 Å². The quantitative estimate of drug-likeness (QED) is 0.255. The molecule has 1 saturated heterocycles. The van der Waals surface area contributed by atoms with Gasteiger partial charge < -0.3 is 39.4 Å². The summed E-state index contributed by atoms with van der Waals surface area (Å²) in [6.07, 6.45) is -3.73. The van der Waals surface area contributed by atoms with E-state index in [2.05, 4.69) is 0 Å². The monoisotopic (exact) mass is 480 g/mol. The van der Waals surface area contributed by atoms with Gasteiger partial charge in [-0.3, -0.25) is 0 Å². The molecule has 0 saturated carbocycles. The molecule has 5 atom stereocenters. The van der Waals surface area contributed by atoms with E-state index in [-0.39, 0.29) is 30.5 Å². The van der Waals surface area contributed by atoms with Crippen molar-refractivity contribution in [3.63, 3.8) is 0 Å². The summed E-state index contributed by atoms with van der Waals surface area (Å²) in [6, 6.07) is 10.6. The summed E-state index contributed by atoms with van der Waals surface area (Å²) in [4.78, 5) is 12.4. The summed E-state index contributed by atoms with van der Waals surface area (Å²) in [5.41, 5.74) is 0.709. The molecular weight excluding hydrogens is 456 g/mol. The smallest absolute Gasteiger partial charge is 0.331 e. The van der Waals surface area contributed by atoms with Crippen molar-refractivity contribution in [2.24, 2.45) is 0 Å². The molecule has 2 aromatic rings. The van der Waals surface area contributed by atoms with E-state index in [1.54, 1.807) is 31.2 Å². The number of carbonyl (C=O) groups excluding carboxylic acids is 1. The molecule has 1 heterocycles. The maximum absolute atomic E-state index is 12.4. The summed E-state index contributed by atoms with van der Waals surface area (Å²) < 4.78 is 22.0. The largest absolute Gasteiger partial charge is 0.504 e. The summed E-state index contributed by atoms with van der Waals surface area (Å²) in [5.74, 6) is -1.26. The van der Waals surface area contributed by atoms with E-state index < -0.39 is 36.7 Å². The second kappa shape index (κ2) is 11.4. The van der Waals surface area contributed by atoms with Crippen LogP contribution in [-0.2, 0) is 19.0 Å². The highest BCUT2D eigenvalue weighted by Gasteiger charge is 2.47. The topological polar surface area (TPSA) is 135 Å². The summed E-state index contributed by atoms with van der Waals surface area (Å²) >= 11 is 5.84. The van der Waals surface area contributed by atoms with Crippen molar-refractivity contribution in [1.82, 2.24) is 0 Å². The van der Waals surface area contributed by atoms with Crippen LogP contribution in [0.4, 0.5) is 0 Å². The van der Waals surface area contributed by atoms with Gasteiger partial charge in [0.2, 0.25) is 0 Å². The Hall–Kier alpha value is -2.82. The Labute approximate surface area is 195 Å². The number of carbonyl (C=O) groups is 1. The number of phenolic OH excluding ortho intramolecular Hbond substituents is 2. The number of halogens is 1. The molecule has 0 spiro atoms. The Morgan fingerprint density at radius 1 is 1.09 bits per heavy atom. The Balaban J connectivity index is 1.72. The molecule has 1 aliphatic rings. The van der Waals surface area contributed by atoms with E-state index in [9.17, 15) is 25.2 Å². The summed E-state index contributed by atoms with van der Waals surface area (Å²) in [7, 11) is 0. The van der Waals surface area contributed by atoms with Crippen LogP contribution in [0.25, 0.3) is 6.08 Å². The van der Waals surface area contributed by atoms with Crippen LogP contribution in [0.15, 0.2) is 48.5 Å². The van der Waals surface area contributed by atoms with E-state index in [0.29, 0.717) is 10.6 Å². The predicted octanol–water partition coefficient (Wildman–Crippen LogP) is 2.24. The maximum atomic E-state index is 12.4. The molecule has 0 radical (unpaired) electrons. The lowest BCUT2D eigenvalue weighted by Crippen LogP contribution is -2.60. The Bertz CT molecular complexity index is 963. The molecule has 9 nitrogen and oxygen atoms in total. The average Bonchev–Trinajstić information content (AvgIpc) is 2.80. The van der Waals surface area contributed by atoms with Gasteiger partial charge in [-0.1, -0.05) is 23.7 Å². The van der Waals surface area contributed by atoms with Gasteiger partial charge >= 0.3 is 5.97 Å². The highest BCUT2D eigenvalue weighted by Crippen LogP contribution is 2.30. The fraction of sp³-hybridized carbons (Fsp3) is 0.348. The van der Waals surface area contributed by atoms with Crippen LogP contribution < -0.4 is 4.74 Å². The Morgan fingerprint density at radius 2 is 1.82 bits per heavy atom. The molecule has 33 heavy (non-hydrogen) atoms.